The van der Waals surface area contributed by atoms with Gasteiger partial charge in [0.2, 0.25) is 0 Å². The zero-order chi connectivity index (χ0) is 22.0. The van der Waals surface area contributed by atoms with Crippen LogP contribution in [0.4, 0.5) is 11.5 Å². The van der Waals surface area contributed by atoms with Gasteiger partial charge in [0.05, 0.1) is 23.6 Å². The summed E-state index contributed by atoms with van der Waals surface area (Å²) in [5, 5.41) is 9.68. The van der Waals surface area contributed by atoms with Gasteiger partial charge in [-0.05, 0) is 48.9 Å². The first-order valence-corrected chi connectivity index (χ1v) is 10.4. The monoisotopic (exact) mass is 418 g/mol. The largest absolute Gasteiger partial charge is 0.383 e. The topological polar surface area (TPSA) is 117 Å². The lowest BCUT2D eigenvalue weighted by molar-refractivity contribution is -0.146. The number of carbonyl (C=O) groups is 2. The lowest BCUT2D eigenvalue weighted by Crippen LogP contribution is -2.46. The molecule has 8 heteroatoms. The summed E-state index contributed by atoms with van der Waals surface area (Å²) in [6.07, 6.45) is 5.04. The molecule has 1 aromatic carbocycles. The second-order valence-corrected chi connectivity index (χ2v) is 8.12. The van der Waals surface area contributed by atoms with E-state index in [-0.39, 0.29) is 6.04 Å². The molecule has 1 aliphatic heterocycles. The molecule has 3 heterocycles. The number of aromatic nitrogens is 3. The van der Waals surface area contributed by atoms with Gasteiger partial charge in [-0.15, -0.1) is 0 Å². The van der Waals surface area contributed by atoms with Crippen LogP contribution in [0, 0.1) is 12.8 Å². The lowest BCUT2D eigenvalue weighted by Gasteiger charge is -2.38. The van der Waals surface area contributed by atoms with Crippen molar-refractivity contribution in [3.8, 4) is 11.3 Å². The summed E-state index contributed by atoms with van der Waals surface area (Å²) in [7, 11) is 0. The van der Waals surface area contributed by atoms with Crippen molar-refractivity contribution in [1.29, 1.82) is 0 Å². The fourth-order valence-corrected chi connectivity index (χ4v) is 3.99. The van der Waals surface area contributed by atoms with Gasteiger partial charge in [0.25, 0.3) is 0 Å². The number of nitrogens with one attached hydrogen (secondary N) is 2. The van der Waals surface area contributed by atoms with Crippen molar-refractivity contribution in [1.82, 2.24) is 20.1 Å². The summed E-state index contributed by atoms with van der Waals surface area (Å²) in [5.74, 6) is -0.482. The van der Waals surface area contributed by atoms with E-state index in [1.807, 2.05) is 30.3 Å². The summed E-state index contributed by atoms with van der Waals surface area (Å²) in [5.41, 5.74) is 9.80. The summed E-state index contributed by atoms with van der Waals surface area (Å²) in [6, 6.07) is 11.5. The zero-order valence-corrected chi connectivity index (χ0v) is 17.6. The van der Waals surface area contributed by atoms with Gasteiger partial charge in [-0.25, -0.2) is 4.98 Å². The highest BCUT2D eigenvalue weighted by Gasteiger charge is 2.34. The third-order valence-corrected chi connectivity index (χ3v) is 5.74. The number of likely N-dealkylation sites (tertiary alicyclic amines) is 1. The average Bonchev–Trinajstić information content (AvgIpc) is 3.31. The fourth-order valence-electron chi connectivity index (χ4n) is 3.99. The second kappa shape index (κ2) is 8.59. The van der Waals surface area contributed by atoms with E-state index >= 15 is 0 Å². The van der Waals surface area contributed by atoms with Crippen molar-refractivity contribution in [2.75, 3.05) is 17.6 Å². The average molecular weight is 419 g/mol. The number of piperidine rings is 1. The molecular weight excluding hydrogens is 392 g/mol. The quantitative estimate of drug-likeness (QED) is 0.564. The van der Waals surface area contributed by atoms with Gasteiger partial charge in [-0.2, -0.15) is 5.10 Å². The van der Waals surface area contributed by atoms with Gasteiger partial charge in [-0.3, -0.25) is 14.7 Å². The van der Waals surface area contributed by atoms with Crippen LogP contribution < -0.4 is 11.1 Å². The highest BCUT2D eigenvalue weighted by molar-refractivity contribution is 6.39. The maximum Gasteiger partial charge on any atom is 0.313 e. The van der Waals surface area contributed by atoms with Crippen molar-refractivity contribution in [3.63, 3.8) is 0 Å². The first kappa shape index (κ1) is 20.6. The van der Waals surface area contributed by atoms with Gasteiger partial charge >= 0.3 is 11.8 Å². The van der Waals surface area contributed by atoms with Crippen LogP contribution in [0.15, 0.2) is 48.8 Å². The Bertz CT molecular complexity index is 1080. The van der Waals surface area contributed by atoms with Crippen molar-refractivity contribution < 1.29 is 9.59 Å². The van der Waals surface area contributed by atoms with Gasteiger partial charge in [0.15, 0.2) is 0 Å². The van der Waals surface area contributed by atoms with Crippen LogP contribution in [0.3, 0.4) is 0 Å². The summed E-state index contributed by atoms with van der Waals surface area (Å²) >= 11 is 0. The molecule has 2 amide bonds. The standard InChI is InChI=1S/C23H26N6O2/c1-14-3-8-20(17-6-4-16(5-7-17)19-9-10-26-28-19)29(13-14)23(31)22(30)27-18-11-15(2)21(24)25-12-18/h4-7,9-12,14,20H,3,8,13H2,1-2H3,(H2,24,25)(H,26,28)(H,27,30)/t14-,20+/m1/s1. The first-order chi connectivity index (χ1) is 14.9. The Kier molecular flexibility index (Phi) is 5.70. The highest BCUT2D eigenvalue weighted by atomic mass is 16.2. The third kappa shape index (κ3) is 4.42. The van der Waals surface area contributed by atoms with Crippen LogP contribution in [0.5, 0.6) is 0 Å². The van der Waals surface area contributed by atoms with E-state index in [1.54, 1.807) is 24.1 Å². The molecule has 1 fully saturated rings. The minimum atomic E-state index is -0.668. The molecule has 1 aliphatic rings. The normalized spacial score (nSPS) is 18.6. The van der Waals surface area contributed by atoms with Crippen molar-refractivity contribution in [2.45, 2.75) is 32.7 Å². The van der Waals surface area contributed by atoms with Crippen molar-refractivity contribution in [2.24, 2.45) is 5.92 Å². The molecule has 0 radical (unpaired) electrons. The van der Waals surface area contributed by atoms with Crippen LogP contribution in [-0.4, -0.2) is 38.4 Å². The third-order valence-electron chi connectivity index (χ3n) is 5.74. The molecule has 0 bridgehead atoms. The molecule has 31 heavy (non-hydrogen) atoms. The SMILES string of the molecule is Cc1cc(NC(=O)C(=O)N2C[C@H](C)CC[C@H]2c2ccc(-c3cc[nH]n3)cc2)cnc1N. The van der Waals surface area contributed by atoms with Crippen LogP contribution >= 0.6 is 0 Å². The molecule has 0 unspecified atom stereocenters. The fraction of sp³-hybridized carbons (Fsp3) is 0.304. The maximum absolute atomic E-state index is 13.1. The van der Waals surface area contributed by atoms with E-state index in [1.165, 1.54) is 6.20 Å². The van der Waals surface area contributed by atoms with E-state index in [9.17, 15) is 9.59 Å². The van der Waals surface area contributed by atoms with E-state index in [0.29, 0.717) is 24.0 Å². The number of hydrogen-bond acceptors (Lipinski definition) is 5. The van der Waals surface area contributed by atoms with Crippen molar-refractivity contribution in [3.05, 3.63) is 59.9 Å². The molecule has 3 aromatic rings. The predicted molar refractivity (Wildman–Crippen MR) is 119 cm³/mol. The minimum absolute atomic E-state index is 0.144. The van der Waals surface area contributed by atoms with Crippen molar-refractivity contribution >= 4 is 23.3 Å². The number of benzene rings is 1. The molecule has 160 valence electrons. The molecular formula is C23H26N6O2. The summed E-state index contributed by atoms with van der Waals surface area (Å²) in [6.45, 7) is 4.44. The molecule has 1 saturated heterocycles. The van der Waals surface area contributed by atoms with Gasteiger partial charge in [0, 0.05) is 18.3 Å². The Hall–Kier alpha value is -3.68. The highest BCUT2D eigenvalue weighted by Crippen LogP contribution is 2.34. The number of nitrogens with zero attached hydrogens (tertiary/aromatic N) is 3. The Morgan fingerprint density at radius 3 is 2.65 bits per heavy atom. The van der Waals surface area contributed by atoms with E-state index < -0.39 is 11.8 Å². The van der Waals surface area contributed by atoms with Crippen LogP contribution in [0.2, 0.25) is 0 Å². The summed E-state index contributed by atoms with van der Waals surface area (Å²) in [4.78, 5) is 31.5. The number of aryl methyl sites for hydroxylation is 1. The number of H-pyrrole nitrogens is 1. The Morgan fingerprint density at radius 2 is 1.97 bits per heavy atom. The van der Waals surface area contributed by atoms with E-state index in [4.69, 9.17) is 5.73 Å². The number of anilines is 2. The second-order valence-electron chi connectivity index (χ2n) is 8.12. The van der Waals surface area contributed by atoms with Crippen LogP contribution in [0.1, 0.15) is 36.9 Å². The minimum Gasteiger partial charge on any atom is -0.383 e. The molecule has 0 spiro atoms. The number of amides is 2. The molecule has 4 rings (SSSR count). The molecule has 4 N–H and O–H groups in total. The van der Waals surface area contributed by atoms with Crippen LogP contribution in [0.25, 0.3) is 11.3 Å². The number of nitrogens with two attached hydrogens (primary N) is 1. The van der Waals surface area contributed by atoms with Gasteiger partial charge in [0.1, 0.15) is 5.82 Å². The Balaban J connectivity index is 1.53. The van der Waals surface area contributed by atoms with E-state index in [0.717, 1.165) is 35.2 Å². The predicted octanol–water partition coefficient (Wildman–Crippen LogP) is 3.30. The van der Waals surface area contributed by atoms with Gasteiger partial charge in [-0.1, -0.05) is 31.2 Å². The lowest BCUT2D eigenvalue weighted by atomic mass is 9.89. The molecule has 0 aliphatic carbocycles. The zero-order valence-electron chi connectivity index (χ0n) is 17.6. The molecule has 2 atom stereocenters. The van der Waals surface area contributed by atoms with Crippen LogP contribution in [-0.2, 0) is 9.59 Å². The maximum atomic E-state index is 13.1. The number of aromatic amines is 1. The number of carbonyl (C=O) groups excluding carboxylic acids is 2. The Morgan fingerprint density at radius 1 is 1.19 bits per heavy atom. The number of hydrogen-bond donors (Lipinski definition) is 3. The smallest absolute Gasteiger partial charge is 0.313 e. The molecule has 8 nitrogen and oxygen atoms in total. The number of rotatable bonds is 3. The molecule has 0 saturated carbocycles. The number of pyridine rings is 1. The summed E-state index contributed by atoms with van der Waals surface area (Å²) < 4.78 is 0. The first-order valence-electron chi connectivity index (χ1n) is 10.4. The number of nitrogen functional groups attached to an aromatic ring is 1. The van der Waals surface area contributed by atoms with Gasteiger partial charge < -0.3 is 16.0 Å². The van der Waals surface area contributed by atoms with E-state index in [2.05, 4.69) is 27.4 Å². The Labute approximate surface area is 180 Å². The molecule has 2 aromatic heterocycles.